The number of carbonyl (C=O) groups excluding carboxylic acids is 1. The summed E-state index contributed by atoms with van der Waals surface area (Å²) in [4.78, 5) is 12.8. The maximum absolute atomic E-state index is 14.8. The topological polar surface area (TPSA) is 78.1 Å². The summed E-state index contributed by atoms with van der Waals surface area (Å²) in [6.45, 7) is 0.819. The fourth-order valence-electron chi connectivity index (χ4n) is 3.82. The van der Waals surface area contributed by atoms with E-state index >= 15 is 0 Å². The Bertz CT molecular complexity index is 1500. The zero-order valence-corrected chi connectivity index (χ0v) is 18.7. The molecule has 4 rings (SSSR count). The Hall–Kier alpha value is -4.23. The lowest BCUT2D eigenvalue weighted by Crippen LogP contribution is -2.43. The second-order valence-electron chi connectivity index (χ2n) is 8.44. The molecule has 0 aliphatic carbocycles. The average molecular weight is 499 g/mol. The number of benzene rings is 3. The first-order valence-corrected chi connectivity index (χ1v) is 10.6. The third kappa shape index (κ3) is 4.92. The van der Waals surface area contributed by atoms with E-state index in [-0.39, 0.29) is 17.6 Å². The molecule has 0 fully saturated rings. The molecule has 36 heavy (non-hydrogen) atoms. The van der Waals surface area contributed by atoms with Crippen LogP contribution in [0.5, 0.6) is 0 Å². The van der Waals surface area contributed by atoms with Gasteiger partial charge in [0.1, 0.15) is 11.6 Å². The third-order valence-electron chi connectivity index (χ3n) is 5.69. The number of hydrogen-bond donors (Lipinski definition) is 2. The highest BCUT2D eigenvalue weighted by atomic mass is 19.4. The van der Waals surface area contributed by atoms with Gasteiger partial charge in [-0.15, -0.1) is 0 Å². The fraction of sp³-hybridized carbons (Fsp3) is 0.154. The molecule has 1 atom stereocenters. The summed E-state index contributed by atoms with van der Waals surface area (Å²) in [5, 5.41) is 22.2. The number of halogens is 5. The molecule has 0 aliphatic heterocycles. The lowest BCUT2D eigenvalue weighted by atomic mass is 10.0. The molecule has 184 valence electrons. The molecule has 10 heteroatoms. The van der Waals surface area contributed by atoms with E-state index in [0.717, 1.165) is 12.1 Å². The van der Waals surface area contributed by atoms with Crippen LogP contribution in [0.3, 0.4) is 0 Å². The lowest BCUT2D eigenvalue weighted by Gasteiger charge is -2.24. The van der Waals surface area contributed by atoms with Crippen LogP contribution in [0.25, 0.3) is 22.0 Å². The molecule has 2 N–H and O–H groups in total. The van der Waals surface area contributed by atoms with Gasteiger partial charge in [-0.1, -0.05) is 12.1 Å². The summed E-state index contributed by atoms with van der Waals surface area (Å²) in [6, 6.07) is 13.9. The maximum atomic E-state index is 14.8. The number of aliphatic hydroxyl groups is 1. The number of nitrogens with one attached hydrogen (secondary N) is 1. The molecule has 0 saturated heterocycles. The van der Waals surface area contributed by atoms with Crippen LogP contribution in [0.4, 0.5) is 27.6 Å². The highest BCUT2D eigenvalue weighted by molar-refractivity contribution is 5.97. The number of nitrogens with zero attached hydrogens (tertiary/aromatic N) is 2. The summed E-state index contributed by atoms with van der Waals surface area (Å²) in [6.07, 6.45) is -3.35. The van der Waals surface area contributed by atoms with Gasteiger partial charge in [-0.2, -0.15) is 18.4 Å². The number of rotatable bonds is 5. The third-order valence-corrected chi connectivity index (χ3v) is 5.69. The van der Waals surface area contributed by atoms with Crippen LogP contribution in [-0.2, 0) is 17.5 Å². The quantitative estimate of drug-likeness (QED) is 0.338. The van der Waals surface area contributed by atoms with E-state index in [9.17, 15) is 31.9 Å². The molecular formula is C26H18F5N3O2. The molecule has 3 aromatic carbocycles. The summed E-state index contributed by atoms with van der Waals surface area (Å²) in [7, 11) is 0. The van der Waals surface area contributed by atoms with Gasteiger partial charge in [-0.3, -0.25) is 4.79 Å². The molecule has 0 aliphatic rings. The SMILES string of the molecule is C[C@](O)(Cn1ccc2c(F)cc(-c3ccc(F)cc3)cc21)C(=O)Nc1ccc(C#N)c(C(F)(F)F)c1. The zero-order chi connectivity index (χ0) is 26.3. The van der Waals surface area contributed by atoms with E-state index in [1.807, 2.05) is 0 Å². The van der Waals surface area contributed by atoms with E-state index < -0.39 is 40.4 Å². The fourth-order valence-corrected chi connectivity index (χ4v) is 3.82. The molecule has 0 saturated carbocycles. The van der Waals surface area contributed by atoms with Crippen LogP contribution in [0, 0.1) is 23.0 Å². The Labute approximate surface area is 202 Å². The van der Waals surface area contributed by atoms with Crippen molar-refractivity contribution in [2.75, 3.05) is 5.32 Å². The van der Waals surface area contributed by atoms with E-state index in [2.05, 4.69) is 5.32 Å². The number of amides is 1. The van der Waals surface area contributed by atoms with Crippen molar-refractivity contribution in [3.05, 3.63) is 89.6 Å². The van der Waals surface area contributed by atoms with Crippen LogP contribution in [-0.4, -0.2) is 21.2 Å². The first-order chi connectivity index (χ1) is 16.9. The van der Waals surface area contributed by atoms with Crippen molar-refractivity contribution in [3.63, 3.8) is 0 Å². The van der Waals surface area contributed by atoms with Gasteiger partial charge in [0.2, 0.25) is 0 Å². The van der Waals surface area contributed by atoms with Gasteiger partial charge < -0.3 is 15.0 Å². The molecule has 0 radical (unpaired) electrons. The summed E-state index contributed by atoms with van der Waals surface area (Å²) in [5.41, 5.74) is -2.85. The first-order valence-electron chi connectivity index (χ1n) is 10.6. The number of hydrogen-bond acceptors (Lipinski definition) is 3. The second-order valence-corrected chi connectivity index (χ2v) is 8.44. The molecule has 5 nitrogen and oxygen atoms in total. The van der Waals surface area contributed by atoms with Crippen molar-refractivity contribution in [1.29, 1.82) is 5.26 Å². The van der Waals surface area contributed by atoms with Gasteiger partial charge in [-0.25, -0.2) is 8.78 Å². The van der Waals surface area contributed by atoms with Crippen molar-refractivity contribution >= 4 is 22.5 Å². The lowest BCUT2D eigenvalue weighted by molar-refractivity contribution is -0.138. The van der Waals surface area contributed by atoms with E-state index in [1.54, 1.807) is 6.07 Å². The largest absolute Gasteiger partial charge is 0.417 e. The standard InChI is InChI=1S/C26H18F5N3O2/c1-25(36,24(35)33-19-7-4-16(13-32)21(12-19)26(29,30)31)14-34-9-8-20-22(28)10-17(11-23(20)34)15-2-5-18(27)6-3-15/h2-12,36H,14H2,1H3,(H,33,35)/t25-/m0/s1. The van der Waals surface area contributed by atoms with E-state index in [0.29, 0.717) is 22.7 Å². The van der Waals surface area contributed by atoms with Gasteiger partial charge in [0, 0.05) is 17.3 Å². The maximum Gasteiger partial charge on any atom is 0.417 e. The minimum atomic E-state index is -4.81. The Morgan fingerprint density at radius 2 is 1.72 bits per heavy atom. The zero-order valence-electron chi connectivity index (χ0n) is 18.7. The molecule has 1 heterocycles. The van der Waals surface area contributed by atoms with Gasteiger partial charge in [0.15, 0.2) is 5.60 Å². The van der Waals surface area contributed by atoms with Crippen molar-refractivity contribution in [1.82, 2.24) is 4.57 Å². The second kappa shape index (κ2) is 9.09. The Morgan fingerprint density at radius 3 is 2.36 bits per heavy atom. The van der Waals surface area contributed by atoms with Gasteiger partial charge >= 0.3 is 6.18 Å². The van der Waals surface area contributed by atoms with Crippen molar-refractivity contribution in [2.24, 2.45) is 0 Å². The normalized spacial score (nSPS) is 13.3. The number of anilines is 1. The minimum absolute atomic E-state index is 0.221. The monoisotopic (exact) mass is 499 g/mol. The van der Waals surface area contributed by atoms with E-state index in [1.165, 1.54) is 60.2 Å². The van der Waals surface area contributed by atoms with Crippen LogP contribution in [0.2, 0.25) is 0 Å². The highest BCUT2D eigenvalue weighted by Gasteiger charge is 2.35. The summed E-state index contributed by atoms with van der Waals surface area (Å²) >= 11 is 0. The first kappa shape index (κ1) is 24.9. The number of nitriles is 1. The summed E-state index contributed by atoms with van der Waals surface area (Å²) < 4.78 is 69.1. The predicted octanol–water partition coefficient (Wildman–Crippen LogP) is 5.87. The van der Waals surface area contributed by atoms with Crippen LogP contribution >= 0.6 is 0 Å². The number of fused-ring (bicyclic) bond motifs is 1. The van der Waals surface area contributed by atoms with Crippen molar-refractivity contribution in [3.8, 4) is 17.2 Å². The smallest absolute Gasteiger partial charge is 0.378 e. The van der Waals surface area contributed by atoms with Crippen LogP contribution in [0.15, 0.2) is 66.9 Å². The number of alkyl halides is 3. The minimum Gasteiger partial charge on any atom is -0.378 e. The van der Waals surface area contributed by atoms with Crippen molar-refractivity contribution < 1.29 is 31.9 Å². The average Bonchev–Trinajstić information content (AvgIpc) is 3.21. The predicted molar refractivity (Wildman–Crippen MR) is 123 cm³/mol. The van der Waals surface area contributed by atoms with Gasteiger partial charge in [-0.05, 0) is 66.6 Å². The number of aromatic nitrogens is 1. The van der Waals surface area contributed by atoms with Gasteiger partial charge in [0.05, 0.1) is 29.3 Å². The van der Waals surface area contributed by atoms with Crippen LogP contribution < -0.4 is 5.32 Å². The number of carbonyl (C=O) groups is 1. The molecule has 1 aromatic heterocycles. The van der Waals surface area contributed by atoms with Crippen LogP contribution in [0.1, 0.15) is 18.1 Å². The Morgan fingerprint density at radius 1 is 1.03 bits per heavy atom. The molecular weight excluding hydrogens is 481 g/mol. The van der Waals surface area contributed by atoms with E-state index in [4.69, 9.17) is 5.26 Å². The highest BCUT2D eigenvalue weighted by Crippen LogP contribution is 2.34. The molecule has 0 spiro atoms. The van der Waals surface area contributed by atoms with Crippen molar-refractivity contribution in [2.45, 2.75) is 25.2 Å². The molecule has 4 aromatic rings. The summed E-state index contributed by atoms with van der Waals surface area (Å²) in [5.74, 6) is -2.01. The Kier molecular flexibility index (Phi) is 6.28. The molecule has 1 amide bonds. The molecule has 0 bridgehead atoms. The van der Waals surface area contributed by atoms with Gasteiger partial charge in [0.25, 0.3) is 5.91 Å². The Balaban J connectivity index is 1.62. The molecule has 0 unspecified atom stereocenters.